The number of nitrogens with two attached hydrogens (primary N) is 1. The van der Waals surface area contributed by atoms with Gasteiger partial charge in [-0.1, -0.05) is 0 Å². The number of nitrogens with zero attached hydrogens (tertiary/aromatic N) is 2. The van der Waals surface area contributed by atoms with Crippen molar-refractivity contribution in [3.8, 4) is 0 Å². The van der Waals surface area contributed by atoms with Crippen molar-refractivity contribution < 1.29 is 13.2 Å². The zero-order valence-corrected chi connectivity index (χ0v) is 11.6. The van der Waals surface area contributed by atoms with Crippen LogP contribution in [0.1, 0.15) is 17.2 Å². The molecule has 0 aliphatic carbocycles. The maximum atomic E-state index is 13.3. The second kappa shape index (κ2) is 6.69. The third-order valence-corrected chi connectivity index (χ3v) is 3.33. The minimum atomic E-state index is -1.47. The van der Waals surface area contributed by atoms with Crippen molar-refractivity contribution in [1.82, 2.24) is 9.88 Å². The Morgan fingerprint density at radius 1 is 1.14 bits per heavy atom. The molecule has 0 radical (unpaired) electrons. The van der Waals surface area contributed by atoms with Crippen LogP contribution in [0.4, 0.5) is 13.2 Å². The third kappa shape index (κ3) is 3.59. The van der Waals surface area contributed by atoms with Gasteiger partial charge in [0.05, 0.1) is 0 Å². The summed E-state index contributed by atoms with van der Waals surface area (Å²) in [5.74, 6) is -3.88. The van der Waals surface area contributed by atoms with Crippen molar-refractivity contribution in [2.75, 3.05) is 13.6 Å². The van der Waals surface area contributed by atoms with Crippen LogP contribution in [0.25, 0.3) is 0 Å². The van der Waals surface area contributed by atoms with E-state index >= 15 is 0 Å². The molecule has 0 bridgehead atoms. The Morgan fingerprint density at radius 2 is 1.71 bits per heavy atom. The summed E-state index contributed by atoms with van der Waals surface area (Å²) < 4.78 is 39.7. The Labute approximate surface area is 121 Å². The molecule has 0 fully saturated rings. The van der Waals surface area contributed by atoms with Crippen molar-refractivity contribution in [2.24, 2.45) is 5.73 Å². The first kappa shape index (κ1) is 15.5. The van der Waals surface area contributed by atoms with Crippen molar-refractivity contribution in [3.05, 3.63) is 65.2 Å². The molecule has 1 aromatic carbocycles. The molecule has 1 heterocycles. The van der Waals surface area contributed by atoms with Gasteiger partial charge in [-0.2, -0.15) is 0 Å². The molecule has 0 aliphatic rings. The number of pyridine rings is 1. The van der Waals surface area contributed by atoms with Crippen molar-refractivity contribution in [3.63, 3.8) is 0 Å². The second-order valence-corrected chi connectivity index (χ2v) is 4.82. The van der Waals surface area contributed by atoms with Crippen LogP contribution >= 0.6 is 0 Å². The van der Waals surface area contributed by atoms with Gasteiger partial charge in [0.25, 0.3) is 0 Å². The van der Waals surface area contributed by atoms with E-state index < -0.39 is 23.5 Å². The first-order valence-electron chi connectivity index (χ1n) is 6.46. The number of hydrogen-bond acceptors (Lipinski definition) is 3. The summed E-state index contributed by atoms with van der Waals surface area (Å²) in [6.45, 7) is 0.692. The van der Waals surface area contributed by atoms with Gasteiger partial charge in [-0.15, -0.1) is 0 Å². The lowest BCUT2D eigenvalue weighted by atomic mass is 10.0. The van der Waals surface area contributed by atoms with Crippen LogP contribution in [0.2, 0.25) is 0 Å². The quantitative estimate of drug-likeness (QED) is 0.862. The highest BCUT2D eigenvalue weighted by Gasteiger charge is 2.20. The van der Waals surface area contributed by atoms with Crippen LogP contribution in [0.5, 0.6) is 0 Å². The van der Waals surface area contributed by atoms with E-state index in [1.807, 2.05) is 17.0 Å². The summed E-state index contributed by atoms with van der Waals surface area (Å²) in [7, 11) is 1.79. The van der Waals surface area contributed by atoms with E-state index in [-0.39, 0.29) is 6.54 Å². The van der Waals surface area contributed by atoms with Crippen LogP contribution in [0.3, 0.4) is 0 Å². The van der Waals surface area contributed by atoms with Crippen LogP contribution in [0, 0.1) is 17.5 Å². The maximum Gasteiger partial charge on any atom is 0.194 e. The fourth-order valence-corrected chi connectivity index (χ4v) is 2.22. The van der Waals surface area contributed by atoms with Gasteiger partial charge in [0, 0.05) is 31.5 Å². The first-order valence-corrected chi connectivity index (χ1v) is 6.46. The average molecular weight is 295 g/mol. The standard InChI is InChI=1S/C15H16F3N3/c1-21(9-10-2-4-20-5-3-10)14(8-19)11-6-12(16)15(18)13(17)7-11/h2-7,14H,8-9,19H2,1H3. The summed E-state index contributed by atoms with van der Waals surface area (Å²) in [6, 6.07) is 5.24. The molecule has 0 amide bonds. The monoisotopic (exact) mass is 295 g/mol. The number of rotatable bonds is 5. The maximum absolute atomic E-state index is 13.3. The van der Waals surface area contributed by atoms with Crippen molar-refractivity contribution in [1.29, 1.82) is 0 Å². The Balaban J connectivity index is 2.23. The van der Waals surface area contributed by atoms with Crippen LogP contribution in [-0.4, -0.2) is 23.5 Å². The first-order chi connectivity index (χ1) is 10.0. The molecule has 1 aromatic heterocycles. The summed E-state index contributed by atoms with van der Waals surface area (Å²) in [4.78, 5) is 5.77. The van der Waals surface area contributed by atoms with Crippen molar-refractivity contribution in [2.45, 2.75) is 12.6 Å². The Kier molecular flexibility index (Phi) is 4.93. The van der Waals surface area contributed by atoms with E-state index in [2.05, 4.69) is 4.98 Å². The van der Waals surface area contributed by atoms with Gasteiger partial charge < -0.3 is 5.73 Å². The minimum absolute atomic E-state index is 0.159. The van der Waals surface area contributed by atoms with E-state index in [4.69, 9.17) is 5.73 Å². The van der Waals surface area contributed by atoms with Gasteiger partial charge in [-0.25, -0.2) is 13.2 Å². The predicted octanol–water partition coefficient (Wildman–Crippen LogP) is 2.63. The fraction of sp³-hybridized carbons (Fsp3) is 0.267. The van der Waals surface area contributed by atoms with Gasteiger partial charge in [-0.05, 0) is 42.4 Å². The normalized spacial score (nSPS) is 12.7. The molecular formula is C15H16F3N3. The Morgan fingerprint density at radius 3 is 2.24 bits per heavy atom. The van der Waals surface area contributed by atoms with E-state index in [0.29, 0.717) is 12.1 Å². The molecular weight excluding hydrogens is 279 g/mol. The number of hydrogen-bond donors (Lipinski definition) is 1. The summed E-state index contributed by atoms with van der Waals surface area (Å²) in [6.07, 6.45) is 3.33. The van der Waals surface area contributed by atoms with Crippen LogP contribution < -0.4 is 5.73 Å². The van der Waals surface area contributed by atoms with E-state index in [1.165, 1.54) is 0 Å². The molecule has 0 saturated heterocycles. The lowest BCUT2D eigenvalue weighted by Gasteiger charge is -2.27. The molecule has 112 valence electrons. The van der Waals surface area contributed by atoms with Gasteiger partial charge in [0.2, 0.25) is 0 Å². The smallest absolute Gasteiger partial charge is 0.194 e. The molecule has 1 unspecified atom stereocenters. The van der Waals surface area contributed by atoms with Crippen LogP contribution in [0.15, 0.2) is 36.7 Å². The molecule has 2 rings (SSSR count). The topological polar surface area (TPSA) is 42.2 Å². The average Bonchev–Trinajstić information content (AvgIpc) is 2.46. The fourth-order valence-electron chi connectivity index (χ4n) is 2.22. The number of aromatic nitrogens is 1. The number of benzene rings is 1. The lowest BCUT2D eigenvalue weighted by molar-refractivity contribution is 0.240. The predicted molar refractivity (Wildman–Crippen MR) is 73.8 cm³/mol. The van der Waals surface area contributed by atoms with Crippen LogP contribution in [-0.2, 0) is 6.54 Å². The van der Waals surface area contributed by atoms with Gasteiger partial charge in [0.1, 0.15) is 0 Å². The molecule has 2 aromatic rings. The largest absolute Gasteiger partial charge is 0.329 e. The van der Waals surface area contributed by atoms with Gasteiger partial charge in [-0.3, -0.25) is 9.88 Å². The van der Waals surface area contributed by atoms with E-state index in [0.717, 1.165) is 17.7 Å². The summed E-state index contributed by atoms with van der Waals surface area (Å²) in [5, 5.41) is 0. The van der Waals surface area contributed by atoms with E-state index in [9.17, 15) is 13.2 Å². The zero-order chi connectivity index (χ0) is 15.4. The minimum Gasteiger partial charge on any atom is -0.329 e. The molecule has 0 saturated carbocycles. The Hall–Kier alpha value is -1.92. The summed E-state index contributed by atoms with van der Waals surface area (Å²) >= 11 is 0. The molecule has 0 aliphatic heterocycles. The molecule has 0 spiro atoms. The molecule has 3 nitrogen and oxygen atoms in total. The molecule has 2 N–H and O–H groups in total. The third-order valence-electron chi connectivity index (χ3n) is 3.33. The molecule has 21 heavy (non-hydrogen) atoms. The summed E-state index contributed by atoms with van der Waals surface area (Å²) in [5.41, 5.74) is 7.01. The highest BCUT2D eigenvalue weighted by molar-refractivity contribution is 5.23. The van der Waals surface area contributed by atoms with E-state index in [1.54, 1.807) is 19.4 Å². The lowest BCUT2D eigenvalue weighted by Crippen LogP contribution is -2.30. The van der Waals surface area contributed by atoms with Gasteiger partial charge in [0.15, 0.2) is 17.5 Å². The molecule has 6 heteroatoms. The zero-order valence-electron chi connectivity index (χ0n) is 11.6. The SMILES string of the molecule is CN(Cc1ccncc1)C(CN)c1cc(F)c(F)c(F)c1. The Bertz CT molecular complexity index is 581. The second-order valence-electron chi connectivity index (χ2n) is 4.82. The van der Waals surface area contributed by atoms with Crippen molar-refractivity contribution >= 4 is 0 Å². The highest BCUT2D eigenvalue weighted by Crippen LogP contribution is 2.23. The van der Waals surface area contributed by atoms with Gasteiger partial charge >= 0.3 is 0 Å². The number of likely N-dealkylation sites (N-methyl/N-ethyl adjacent to an activating group) is 1. The highest BCUT2D eigenvalue weighted by atomic mass is 19.2. The number of halogens is 3. The molecule has 1 atom stereocenters.